The van der Waals surface area contributed by atoms with Crippen LogP contribution in [0.4, 0.5) is 5.13 Å². The van der Waals surface area contributed by atoms with Crippen LogP contribution in [0.3, 0.4) is 0 Å². The fraction of sp³-hybridized carbons (Fsp3) is 0.400. The molecule has 2 amide bonds. The van der Waals surface area contributed by atoms with Gasteiger partial charge in [0.25, 0.3) is 11.8 Å². The summed E-state index contributed by atoms with van der Waals surface area (Å²) in [5.41, 5.74) is 0.640. The van der Waals surface area contributed by atoms with Gasteiger partial charge in [-0.3, -0.25) is 19.7 Å². The molecule has 1 atom stereocenters. The van der Waals surface area contributed by atoms with Crippen molar-refractivity contribution in [2.24, 2.45) is 5.92 Å². The first kappa shape index (κ1) is 20.1. The van der Waals surface area contributed by atoms with Crippen molar-refractivity contribution in [2.45, 2.75) is 19.8 Å². The first-order valence-corrected chi connectivity index (χ1v) is 10.6. The molecule has 1 N–H and O–H groups in total. The van der Waals surface area contributed by atoms with E-state index in [-0.39, 0.29) is 36.2 Å². The van der Waals surface area contributed by atoms with Gasteiger partial charge in [0.15, 0.2) is 16.6 Å². The molecule has 3 heterocycles. The molecule has 9 nitrogen and oxygen atoms in total. The number of nitrogens with zero attached hydrogens (tertiary/aromatic N) is 2. The minimum Gasteiger partial charge on any atom is -0.466 e. The standard InChI is InChI=1S/C20H21N3O6S/c1-2-27-19(26)13-4-3-7-23(9-13)18(25)14-10-30-20(21-14)22-17(24)12-5-6-15-16(8-12)29-11-28-15/h5-6,8,10,13H,2-4,7,9,11H2,1H3,(H,21,22,24). The second-order valence-electron chi connectivity index (χ2n) is 6.90. The van der Waals surface area contributed by atoms with Crippen molar-refractivity contribution in [1.29, 1.82) is 0 Å². The quantitative estimate of drug-likeness (QED) is 0.725. The number of aromatic nitrogens is 1. The second-order valence-corrected chi connectivity index (χ2v) is 7.76. The van der Waals surface area contributed by atoms with Crippen LogP contribution in [0, 0.1) is 5.92 Å². The summed E-state index contributed by atoms with van der Waals surface area (Å²) in [5, 5.41) is 4.62. The third-order valence-corrected chi connectivity index (χ3v) is 5.66. The van der Waals surface area contributed by atoms with Crippen LogP contribution in [0.15, 0.2) is 23.6 Å². The zero-order chi connectivity index (χ0) is 21.1. The molecule has 10 heteroatoms. The first-order valence-electron chi connectivity index (χ1n) is 9.67. The van der Waals surface area contributed by atoms with Crippen molar-refractivity contribution in [3.05, 3.63) is 34.8 Å². The summed E-state index contributed by atoms with van der Waals surface area (Å²) in [6.45, 7) is 3.09. The van der Waals surface area contributed by atoms with E-state index in [0.717, 1.165) is 6.42 Å². The highest BCUT2D eigenvalue weighted by Crippen LogP contribution is 2.32. The summed E-state index contributed by atoms with van der Waals surface area (Å²) in [5.74, 6) is -0.0995. The molecule has 1 aromatic carbocycles. The van der Waals surface area contributed by atoms with E-state index in [4.69, 9.17) is 14.2 Å². The van der Waals surface area contributed by atoms with Gasteiger partial charge in [-0.05, 0) is 38.0 Å². The number of carbonyl (C=O) groups is 3. The van der Waals surface area contributed by atoms with Crippen LogP contribution in [0.5, 0.6) is 11.5 Å². The largest absolute Gasteiger partial charge is 0.466 e. The fourth-order valence-electron chi connectivity index (χ4n) is 3.41. The van der Waals surface area contributed by atoms with Crippen molar-refractivity contribution in [2.75, 3.05) is 31.8 Å². The summed E-state index contributed by atoms with van der Waals surface area (Å²) in [7, 11) is 0. The summed E-state index contributed by atoms with van der Waals surface area (Å²) >= 11 is 1.17. The molecule has 0 spiro atoms. The van der Waals surface area contributed by atoms with Gasteiger partial charge in [0.05, 0.1) is 12.5 Å². The molecule has 30 heavy (non-hydrogen) atoms. The Kier molecular flexibility index (Phi) is 5.84. The predicted octanol–water partition coefficient (Wildman–Crippen LogP) is 2.54. The number of esters is 1. The maximum atomic E-state index is 12.8. The Bertz CT molecular complexity index is 975. The maximum Gasteiger partial charge on any atom is 0.310 e. The molecule has 2 aliphatic heterocycles. The predicted molar refractivity (Wildman–Crippen MR) is 108 cm³/mol. The van der Waals surface area contributed by atoms with Gasteiger partial charge >= 0.3 is 5.97 Å². The van der Waals surface area contributed by atoms with Gasteiger partial charge in [-0.15, -0.1) is 11.3 Å². The van der Waals surface area contributed by atoms with E-state index in [2.05, 4.69) is 10.3 Å². The molecule has 158 valence electrons. The highest BCUT2D eigenvalue weighted by Gasteiger charge is 2.30. The average molecular weight is 431 g/mol. The van der Waals surface area contributed by atoms with Gasteiger partial charge in [0, 0.05) is 24.0 Å². The van der Waals surface area contributed by atoms with Crippen molar-refractivity contribution < 1.29 is 28.6 Å². The Balaban J connectivity index is 1.39. The topological polar surface area (TPSA) is 107 Å². The van der Waals surface area contributed by atoms with Crippen molar-refractivity contribution in [1.82, 2.24) is 9.88 Å². The molecule has 0 radical (unpaired) electrons. The number of likely N-dealkylation sites (tertiary alicyclic amines) is 1. The number of hydrogen-bond acceptors (Lipinski definition) is 8. The Morgan fingerprint density at radius 3 is 2.97 bits per heavy atom. The van der Waals surface area contributed by atoms with Crippen LogP contribution in [0.2, 0.25) is 0 Å². The fourth-order valence-corrected chi connectivity index (χ4v) is 4.09. The average Bonchev–Trinajstić information content (AvgIpc) is 3.42. The lowest BCUT2D eigenvalue weighted by Gasteiger charge is -2.31. The smallest absolute Gasteiger partial charge is 0.310 e. The Labute approximate surface area is 176 Å². The van der Waals surface area contributed by atoms with Gasteiger partial charge in [-0.1, -0.05) is 0 Å². The van der Waals surface area contributed by atoms with E-state index in [1.807, 2.05) is 0 Å². The van der Waals surface area contributed by atoms with Gasteiger partial charge in [0.2, 0.25) is 6.79 Å². The first-order chi connectivity index (χ1) is 14.5. The van der Waals surface area contributed by atoms with Gasteiger partial charge in [0.1, 0.15) is 5.69 Å². The lowest BCUT2D eigenvalue weighted by Crippen LogP contribution is -2.43. The Hall–Kier alpha value is -3.14. The van der Waals surface area contributed by atoms with E-state index in [0.29, 0.717) is 48.3 Å². The number of nitrogens with one attached hydrogen (secondary N) is 1. The summed E-state index contributed by atoms with van der Waals surface area (Å²) < 4.78 is 15.6. The molecule has 4 rings (SSSR count). The molecule has 1 saturated heterocycles. The summed E-state index contributed by atoms with van der Waals surface area (Å²) in [6, 6.07) is 4.90. The second kappa shape index (κ2) is 8.70. The van der Waals surface area contributed by atoms with E-state index < -0.39 is 0 Å². The van der Waals surface area contributed by atoms with Gasteiger partial charge < -0.3 is 19.1 Å². The number of amides is 2. The number of benzene rings is 1. The van der Waals surface area contributed by atoms with Crippen LogP contribution >= 0.6 is 11.3 Å². The summed E-state index contributed by atoms with van der Waals surface area (Å²) in [4.78, 5) is 43.1. The van der Waals surface area contributed by atoms with Crippen LogP contribution in [-0.4, -0.2) is 54.2 Å². The number of hydrogen-bond donors (Lipinski definition) is 1. The minimum atomic E-state index is -0.359. The van der Waals surface area contributed by atoms with E-state index in [1.54, 1.807) is 35.4 Å². The van der Waals surface area contributed by atoms with Gasteiger partial charge in [-0.25, -0.2) is 4.98 Å². The van der Waals surface area contributed by atoms with E-state index >= 15 is 0 Å². The molecule has 1 fully saturated rings. The molecule has 0 aliphatic carbocycles. The number of carbonyl (C=O) groups excluding carboxylic acids is 3. The number of ether oxygens (including phenoxy) is 3. The molecule has 1 aromatic heterocycles. The Morgan fingerprint density at radius 1 is 1.30 bits per heavy atom. The van der Waals surface area contributed by atoms with Crippen LogP contribution in [0.25, 0.3) is 0 Å². The van der Waals surface area contributed by atoms with Crippen molar-refractivity contribution in [3.8, 4) is 11.5 Å². The molecular weight excluding hydrogens is 410 g/mol. The normalized spacial score (nSPS) is 17.5. The molecule has 0 bridgehead atoms. The van der Waals surface area contributed by atoms with E-state index in [1.165, 1.54) is 11.3 Å². The van der Waals surface area contributed by atoms with Crippen molar-refractivity contribution >= 4 is 34.3 Å². The highest BCUT2D eigenvalue weighted by atomic mass is 32.1. The monoisotopic (exact) mass is 431 g/mol. The molecule has 1 unspecified atom stereocenters. The number of anilines is 1. The molecule has 0 saturated carbocycles. The number of fused-ring (bicyclic) bond motifs is 1. The molecule has 2 aromatic rings. The zero-order valence-corrected chi connectivity index (χ0v) is 17.2. The minimum absolute atomic E-state index is 0.131. The number of rotatable bonds is 5. The molecule has 2 aliphatic rings. The number of piperidine rings is 1. The third kappa shape index (κ3) is 4.23. The molecular formula is C20H21N3O6S. The Morgan fingerprint density at radius 2 is 2.13 bits per heavy atom. The third-order valence-electron chi connectivity index (χ3n) is 4.91. The van der Waals surface area contributed by atoms with E-state index in [9.17, 15) is 14.4 Å². The zero-order valence-electron chi connectivity index (χ0n) is 16.4. The van der Waals surface area contributed by atoms with Crippen LogP contribution < -0.4 is 14.8 Å². The lowest BCUT2D eigenvalue weighted by atomic mass is 9.98. The highest BCUT2D eigenvalue weighted by molar-refractivity contribution is 7.14. The maximum absolute atomic E-state index is 12.8. The lowest BCUT2D eigenvalue weighted by molar-refractivity contribution is -0.149. The van der Waals surface area contributed by atoms with Crippen LogP contribution in [-0.2, 0) is 9.53 Å². The van der Waals surface area contributed by atoms with Gasteiger partial charge in [-0.2, -0.15) is 0 Å². The number of thiazole rings is 1. The van der Waals surface area contributed by atoms with Crippen molar-refractivity contribution in [3.63, 3.8) is 0 Å². The van der Waals surface area contributed by atoms with Crippen LogP contribution in [0.1, 0.15) is 40.6 Å². The summed E-state index contributed by atoms with van der Waals surface area (Å²) in [6.07, 6.45) is 1.43. The SMILES string of the molecule is CCOC(=O)C1CCCN(C(=O)c2csc(NC(=O)c3ccc4c(c3)OCO4)n2)C1.